The first kappa shape index (κ1) is 18.5. The predicted octanol–water partition coefficient (Wildman–Crippen LogP) is 2.93. The van der Waals surface area contributed by atoms with Gasteiger partial charge in [0.05, 0.1) is 0 Å². The maximum absolute atomic E-state index is 12.2. The fourth-order valence-corrected chi connectivity index (χ4v) is 2.35. The summed E-state index contributed by atoms with van der Waals surface area (Å²) in [5.74, 6) is 0.0390. The maximum atomic E-state index is 12.2. The van der Waals surface area contributed by atoms with Gasteiger partial charge in [0, 0.05) is 6.42 Å². The molecule has 0 aliphatic heterocycles. The molecular formula is C20H24N2O3. The zero-order valence-electron chi connectivity index (χ0n) is 14.6. The van der Waals surface area contributed by atoms with Crippen LogP contribution in [0.1, 0.15) is 30.9 Å². The van der Waals surface area contributed by atoms with E-state index in [1.807, 2.05) is 62.4 Å². The van der Waals surface area contributed by atoms with Gasteiger partial charge in [0.25, 0.3) is 5.91 Å². The molecule has 2 aromatic carbocycles. The summed E-state index contributed by atoms with van der Waals surface area (Å²) < 4.78 is 5.70. The first-order valence-corrected chi connectivity index (χ1v) is 8.44. The zero-order chi connectivity index (χ0) is 18.1. The molecule has 132 valence electrons. The Morgan fingerprint density at radius 2 is 1.80 bits per heavy atom. The second-order valence-corrected chi connectivity index (χ2v) is 5.85. The van der Waals surface area contributed by atoms with Gasteiger partial charge in [-0.1, -0.05) is 49.4 Å². The first-order valence-electron chi connectivity index (χ1n) is 8.44. The Kier molecular flexibility index (Phi) is 7.01. The van der Waals surface area contributed by atoms with Crippen LogP contribution in [0.5, 0.6) is 5.75 Å². The molecule has 0 aliphatic carbocycles. The summed E-state index contributed by atoms with van der Waals surface area (Å²) in [5.41, 5.74) is 7.03. The molecule has 0 bridgehead atoms. The molecule has 2 rings (SSSR count). The lowest BCUT2D eigenvalue weighted by molar-refractivity contribution is -0.133. The van der Waals surface area contributed by atoms with Crippen LogP contribution in [-0.4, -0.2) is 17.9 Å². The van der Waals surface area contributed by atoms with Gasteiger partial charge in [-0.05, 0) is 43.0 Å². The van der Waals surface area contributed by atoms with Crippen molar-refractivity contribution in [3.05, 3.63) is 65.7 Å². The van der Waals surface area contributed by atoms with E-state index in [1.54, 1.807) is 6.07 Å². The van der Waals surface area contributed by atoms with Crippen molar-refractivity contribution >= 4 is 11.8 Å². The van der Waals surface area contributed by atoms with Crippen molar-refractivity contribution in [2.24, 2.45) is 0 Å². The van der Waals surface area contributed by atoms with Gasteiger partial charge in [-0.25, -0.2) is 0 Å². The lowest BCUT2D eigenvalue weighted by atomic mass is 10.1. The number of carbonyl (C=O) groups excluding carboxylic acids is 2. The maximum Gasteiger partial charge on any atom is 0.279 e. The van der Waals surface area contributed by atoms with Crippen molar-refractivity contribution in [1.82, 2.24) is 10.9 Å². The number of benzene rings is 2. The normalized spacial score (nSPS) is 11.4. The number of carbonyl (C=O) groups is 2. The zero-order valence-corrected chi connectivity index (χ0v) is 14.6. The van der Waals surface area contributed by atoms with Crippen molar-refractivity contribution in [2.45, 2.75) is 39.2 Å². The minimum atomic E-state index is -0.656. The molecule has 0 aliphatic rings. The van der Waals surface area contributed by atoms with Crippen LogP contribution in [0.4, 0.5) is 0 Å². The molecule has 0 spiro atoms. The summed E-state index contributed by atoms with van der Waals surface area (Å²) in [6.07, 6.45) is 0.773. The fraction of sp³-hybridized carbons (Fsp3) is 0.300. The first-order chi connectivity index (χ1) is 12.1. The number of ether oxygens (including phenoxy) is 1. The van der Waals surface area contributed by atoms with Crippen LogP contribution in [0, 0.1) is 6.92 Å². The van der Waals surface area contributed by atoms with Crippen LogP contribution in [0.15, 0.2) is 54.6 Å². The number of hydrogen-bond donors (Lipinski definition) is 2. The molecule has 0 saturated heterocycles. The summed E-state index contributed by atoms with van der Waals surface area (Å²) in [7, 11) is 0. The molecule has 2 aromatic rings. The van der Waals surface area contributed by atoms with Gasteiger partial charge in [0.1, 0.15) is 5.75 Å². The molecule has 25 heavy (non-hydrogen) atoms. The topological polar surface area (TPSA) is 67.4 Å². The number of nitrogens with one attached hydrogen (secondary N) is 2. The molecule has 1 unspecified atom stereocenters. The molecule has 2 N–H and O–H groups in total. The van der Waals surface area contributed by atoms with E-state index < -0.39 is 6.10 Å². The Bertz CT molecular complexity index is 701. The predicted molar refractivity (Wildman–Crippen MR) is 96.9 cm³/mol. The Hall–Kier alpha value is -2.82. The number of rotatable bonds is 7. The second kappa shape index (κ2) is 9.47. The monoisotopic (exact) mass is 340 g/mol. The third-order valence-corrected chi connectivity index (χ3v) is 3.74. The van der Waals surface area contributed by atoms with Crippen LogP contribution in [0.25, 0.3) is 0 Å². The number of hydrazine groups is 1. The summed E-state index contributed by atoms with van der Waals surface area (Å²) in [5, 5.41) is 0. The van der Waals surface area contributed by atoms with Crippen molar-refractivity contribution in [3.8, 4) is 5.75 Å². The van der Waals surface area contributed by atoms with Gasteiger partial charge >= 0.3 is 0 Å². The molecule has 0 fully saturated rings. The molecule has 1 atom stereocenters. The van der Waals surface area contributed by atoms with Crippen molar-refractivity contribution < 1.29 is 14.3 Å². The fourth-order valence-electron chi connectivity index (χ4n) is 2.35. The molecular weight excluding hydrogens is 316 g/mol. The number of aryl methyl sites for hydroxylation is 2. The van der Waals surface area contributed by atoms with Gasteiger partial charge in [0.15, 0.2) is 6.10 Å². The standard InChI is InChI=1S/C20H24N2O3/c1-3-18(25-17-11-7-8-15(2)14-17)20(24)22-21-19(23)13-12-16-9-5-4-6-10-16/h4-11,14,18H,3,12-13H2,1-2H3,(H,21,23)(H,22,24). The van der Waals surface area contributed by atoms with E-state index in [1.165, 1.54) is 0 Å². The highest BCUT2D eigenvalue weighted by Crippen LogP contribution is 2.15. The highest BCUT2D eigenvalue weighted by atomic mass is 16.5. The van der Waals surface area contributed by atoms with E-state index in [2.05, 4.69) is 10.9 Å². The van der Waals surface area contributed by atoms with Crippen molar-refractivity contribution in [1.29, 1.82) is 0 Å². The van der Waals surface area contributed by atoms with Crippen LogP contribution in [0.3, 0.4) is 0 Å². The SMILES string of the molecule is CCC(Oc1cccc(C)c1)C(=O)NNC(=O)CCc1ccccc1. The van der Waals surface area contributed by atoms with Gasteiger partial charge in [-0.15, -0.1) is 0 Å². The Morgan fingerprint density at radius 3 is 2.48 bits per heavy atom. The van der Waals surface area contributed by atoms with Crippen LogP contribution in [0.2, 0.25) is 0 Å². The summed E-state index contributed by atoms with van der Waals surface area (Å²) in [6.45, 7) is 3.82. The van der Waals surface area contributed by atoms with Crippen molar-refractivity contribution in [3.63, 3.8) is 0 Å². The van der Waals surface area contributed by atoms with E-state index in [0.29, 0.717) is 25.0 Å². The smallest absolute Gasteiger partial charge is 0.279 e. The molecule has 5 heteroatoms. The minimum absolute atomic E-state index is 0.234. The van der Waals surface area contributed by atoms with E-state index in [9.17, 15) is 9.59 Å². The summed E-state index contributed by atoms with van der Waals surface area (Å²) >= 11 is 0. The minimum Gasteiger partial charge on any atom is -0.481 e. The van der Waals surface area contributed by atoms with E-state index in [-0.39, 0.29) is 11.8 Å². The molecule has 0 aromatic heterocycles. The molecule has 0 saturated carbocycles. The number of hydrogen-bond acceptors (Lipinski definition) is 3. The van der Waals surface area contributed by atoms with Crippen LogP contribution >= 0.6 is 0 Å². The molecule has 5 nitrogen and oxygen atoms in total. The lowest BCUT2D eigenvalue weighted by Gasteiger charge is -2.17. The largest absolute Gasteiger partial charge is 0.481 e. The third-order valence-electron chi connectivity index (χ3n) is 3.74. The summed E-state index contributed by atoms with van der Waals surface area (Å²) in [4.78, 5) is 24.1. The highest BCUT2D eigenvalue weighted by molar-refractivity contribution is 5.84. The average molecular weight is 340 g/mol. The Labute approximate surface area is 148 Å². The van der Waals surface area contributed by atoms with Gasteiger partial charge < -0.3 is 4.74 Å². The van der Waals surface area contributed by atoms with Crippen molar-refractivity contribution in [2.75, 3.05) is 0 Å². The lowest BCUT2D eigenvalue weighted by Crippen LogP contribution is -2.48. The third kappa shape index (κ3) is 6.30. The average Bonchev–Trinajstić information content (AvgIpc) is 2.63. The molecule has 2 amide bonds. The van der Waals surface area contributed by atoms with E-state index in [0.717, 1.165) is 11.1 Å². The Morgan fingerprint density at radius 1 is 1.04 bits per heavy atom. The van der Waals surface area contributed by atoms with Crippen LogP contribution < -0.4 is 15.6 Å². The van der Waals surface area contributed by atoms with Gasteiger partial charge in [-0.3, -0.25) is 20.4 Å². The van der Waals surface area contributed by atoms with Crippen LogP contribution in [-0.2, 0) is 16.0 Å². The number of amides is 2. The van der Waals surface area contributed by atoms with Gasteiger partial charge in [0.2, 0.25) is 5.91 Å². The summed E-state index contributed by atoms with van der Waals surface area (Å²) in [6, 6.07) is 17.2. The van der Waals surface area contributed by atoms with Gasteiger partial charge in [-0.2, -0.15) is 0 Å². The Balaban J connectivity index is 1.78. The van der Waals surface area contributed by atoms with E-state index >= 15 is 0 Å². The molecule has 0 radical (unpaired) electrons. The molecule has 0 heterocycles. The second-order valence-electron chi connectivity index (χ2n) is 5.85. The highest BCUT2D eigenvalue weighted by Gasteiger charge is 2.18. The quantitative estimate of drug-likeness (QED) is 0.762. The van der Waals surface area contributed by atoms with E-state index in [4.69, 9.17) is 4.74 Å².